The summed E-state index contributed by atoms with van der Waals surface area (Å²) < 4.78 is 0.967. The number of rotatable bonds is 6. The van der Waals surface area contributed by atoms with Crippen molar-refractivity contribution in [2.45, 2.75) is 19.0 Å². The molecule has 2 aromatic rings. The molecule has 1 unspecified atom stereocenters. The lowest BCUT2D eigenvalue weighted by Gasteiger charge is -2.17. The van der Waals surface area contributed by atoms with Gasteiger partial charge in [0, 0.05) is 22.1 Å². The molecule has 0 amide bonds. The summed E-state index contributed by atoms with van der Waals surface area (Å²) in [4.78, 5) is 0. The second kappa shape index (κ2) is 7.79. The van der Waals surface area contributed by atoms with Gasteiger partial charge in [-0.15, -0.1) is 0 Å². The van der Waals surface area contributed by atoms with E-state index >= 15 is 0 Å². The molecular formula is C16H17BrClNO. The number of halogens is 2. The van der Waals surface area contributed by atoms with E-state index in [9.17, 15) is 5.11 Å². The van der Waals surface area contributed by atoms with Crippen molar-refractivity contribution >= 4 is 27.5 Å². The van der Waals surface area contributed by atoms with Crippen LogP contribution in [0.4, 0.5) is 0 Å². The number of aliphatic hydroxyl groups excluding tert-OH is 1. The molecule has 0 aliphatic carbocycles. The highest BCUT2D eigenvalue weighted by molar-refractivity contribution is 9.10. The van der Waals surface area contributed by atoms with Crippen LogP contribution in [0, 0.1) is 0 Å². The van der Waals surface area contributed by atoms with E-state index in [0.29, 0.717) is 6.54 Å². The van der Waals surface area contributed by atoms with Crippen molar-refractivity contribution in [1.29, 1.82) is 0 Å². The summed E-state index contributed by atoms with van der Waals surface area (Å²) in [6, 6.07) is 16.0. The molecule has 20 heavy (non-hydrogen) atoms. The van der Waals surface area contributed by atoms with Gasteiger partial charge in [0.2, 0.25) is 0 Å². The summed E-state index contributed by atoms with van der Waals surface area (Å²) in [5.41, 5.74) is 2.24. The Hall–Kier alpha value is -0.870. The van der Waals surface area contributed by atoms with E-state index in [1.807, 2.05) is 36.4 Å². The van der Waals surface area contributed by atoms with Crippen LogP contribution in [-0.4, -0.2) is 17.8 Å². The van der Waals surface area contributed by atoms with E-state index in [-0.39, 0.29) is 12.6 Å². The summed E-state index contributed by atoms with van der Waals surface area (Å²) in [5, 5.41) is 13.5. The zero-order valence-electron chi connectivity index (χ0n) is 11.0. The Morgan fingerprint density at radius 3 is 2.55 bits per heavy atom. The maximum atomic E-state index is 9.48. The Balaban J connectivity index is 1.93. The van der Waals surface area contributed by atoms with Gasteiger partial charge in [-0.2, -0.15) is 0 Å². The van der Waals surface area contributed by atoms with Crippen molar-refractivity contribution in [2.24, 2.45) is 0 Å². The smallest absolute Gasteiger partial charge is 0.0587 e. The molecule has 0 spiro atoms. The predicted molar refractivity (Wildman–Crippen MR) is 87.0 cm³/mol. The van der Waals surface area contributed by atoms with E-state index in [0.717, 1.165) is 21.5 Å². The molecule has 0 bridgehead atoms. The monoisotopic (exact) mass is 353 g/mol. The van der Waals surface area contributed by atoms with Gasteiger partial charge in [0.25, 0.3) is 0 Å². The van der Waals surface area contributed by atoms with Gasteiger partial charge in [-0.25, -0.2) is 0 Å². The van der Waals surface area contributed by atoms with Crippen LogP contribution in [0.5, 0.6) is 0 Å². The van der Waals surface area contributed by atoms with E-state index in [1.165, 1.54) is 5.56 Å². The van der Waals surface area contributed by atoms with E-state index < -0.39 is 0 Å². The summed E-state index contributed by atoms with van der Waals surface area (Å²) in [6.07, 6.45) is 0.797. The van der Waals surface area contributed by atoms with Crippen LogP contribution < -0.4 is 5.32 Å². The van der Waals surface area contributed by atoms with Crippen LogP contribution in [0.3, 0.4) is 0 Å². The number of hydrogen-bond donors (Lipinski definition) is 2. The highest BCUT2D eigenvalue weighted by Crippen LogP contribution is 2.21. The van der Waals surface area contributed by atoms with Gasteiger partial charge in [-0.3, -0.25) is 0 Å². The molecule has 2 rings (SSSR count). The minimum absolute atomic E-state index is 0.0251. The van der Waals surface area contributed by atoms with Crippen molar-refractivity contribution in [3.05, 3.63) is 69.2 Å². The molecule has 0 aromatic heterocycles. The lowest BCUT2D eigenvalue weighted by molar-refractivity contribution is 0.241. The van der Waals surface area contributed by atoms with Crippen molar-refractivity contribution in [3.63, 3.8) is 0 Å². The summed E-state index contributed by atoms with van der Waals surface area (Å²) in [7, 11) is 0. The molecule has 0 heterocycles. The van der Waals surface area contributed by atoms with Crippen LogP contribution in [0.1, 0.15) is 11.1 Å². The zero-order valence-corrected chi connectivity index (χ0v) is 13.4. The maximum Gasteiger partial charge on any atom is 0.0587 e. The predicted octanol–water partition coefficient (Wildman–Crippen LogP) is 3.80. The number of nitrogens with one attached hydrogen (secondary N) is 1. The molecule has 1 atom stereocenters. The third kappa shape index (κ3) is 4.60. The largest absolute Gasteiger partial charge is 0.395 e. The van der Waals surface area contributed by atoms with Gasteiger partial charge in [-0.1, -0.05) is 63.9 Å². The average molecular weight is 355 g/mol. The lowest BCUT2D eigenvalue weighted by atomic mass is 10.1. The third-order valence-corrected chi connectivity index (χ3v) is 3.99. The van der Waals surface area contributed by atoms with Crippen molar-refractivity contribution in [2.75, 3.05) is 6.61 Å². The normalized spacial score (nSPS) is 12.3. The molecule has 0 saturated carbocycles. The first-order chi connectivity index (χ1) is 9.69. The molecule has 2 nitrogen and oxygen atoms in total. The van der Waals surface area contributed by atoms with E-state index in [4.69, 9.17) is 11.6 Å². The number of aliphatic hydroxyl groups is 1. The Kier molecular flexibility index (Phi) is 6.05. The maximum absolute atomic E-state index is 9.48. The highest BCUT2D eigenvalue weighted by atomic mass is 79.9. The van der Waals surface area contributed by atoms with Crippen LogP contribution in [0.2, 0.25) is 5.02 Å². The Morgan fingerprint density at radius 2 is 1.90 bits per heavy atom. The highest BCUT2D eigenvalue weighted by Gasteiger charge is 2.09. The lowest BCUT2D eigenvalue weighted by Crippen LogP contribution is -2.34. The fourth-order valence-electron chi connectivity index (χ4n) is 2.02. The fraction of sp³-hybridized carbons (Fsp3) is 0.250. The first-order valence-corrected chi connectivity index (χ1v) is 7.68. The summed E-state index contributed by atoms with van der Waals surface area (Å²) in [6.45, 7) is 0.743. The SMILES string of the molecule is OCC(Cc1ccccc1)NCc1ccc(Br)cc1Cl. The fourth-order valence-corrected chi connectivity index (χ4v) is 2.76. The standard InChI is InChI=1S/C16H17BrClNO/c17-14-7-6-13(16(18)9-14)10-19-15(11-20)8-12-4-2-1-3-5-12/h1-7,9,15,19-20H,8,10-11H2. The quantitative estimate of drug-likeness (QED) is 0.827. The van der Waals surface area contributed by atoms with Gasteiger partial charge < -0.3 is 10.4 Å². The van der Waals surface area contributed by atoms with Crippen LogP contribution in [0.15, 0.2) is 53.0 Å². The van der Waals surface area contributed by atoms with Crippen LogP contribution in [0.25, 0.3) is 0 Å². The molecular weight excluding hydrogens is 338 g/mol. The molecule has 0 aliphatic rings. The topological polar surface area (TPSA) is 32.3 Å². The van der Waals surface area contributed by atoms with Crippen molar-refractivity contribution in [3.8, 4) is 0 Å². The molecule has 2 N–H and O–H groups in total. The van der Waals surface area contributed by atoms with Crippen LogP contribution in [-0.2, 0) is 13.0 Å². The van der Waals surface area contributed by atoms with E-state index in [2.05, 4.69) is 33.4 Å². The molecule has 0 radical (unpaired) electrons. The average Bonchev–Trinajstić information content (AvgIpc) is 2.46. The molecule has 106 valence electrons. The van der Waals surface area contributed by atoms with Gasteiger partial charge in [0.15, 0.2) is 0 Å². The van der Waals surface area contributed by atoms with Gasteiger partial charge >= 0.3 is 0 Å². The van der Waals surface area contributed by atoms with Gasteiger partial charge in [-0.05, 0) is 29.7 Å². The van der Waals surface area contributed by atoms with Crippen molar-refractivity contribution < 1.29 is 5.11 Å². The van der Waals surface area contributed by atoms with Gasteiger partial charge in [0.05, 0.1) is 6.61 Å². The van der Waals surface area contributed by atoms with Crippen LogP contribution >= 0.6 is 27.5 Å². The van der Waals surface area contributed by atoms with E-state index in [1.54, 1.807) is 0 Å². The minimum atomic E-state index is 0.0251. The number of hydrogen-bond acceptors (Lipinski definition) is 2. The first-order valence-electron chi connectivity index (χ1n) is 6.51. The third-order valence-electron chi connectivity index (χ3n) is 3.14. The molecule has 0 fully saturated rings. The minimum Gasteiger partial charge on any atom is -0.395 e. The second-order valence-electron chi connectivity index (χ2n) is 4.69. The Labute approximate surface area is 132 Å². The first kappa shape index (κ1) is 15.5. The molecule has 0 aliphatic heterocycles. The molecule has 4 heteroatoms. The van der Waals surface area contributed by atoms with Crippen molar-refractivity contribution in [1.82, 2.24) is 5.32 Å². The summed E-state index contributed by atoms with van der Waals surface area (Å²) in [5.74, 6) is 0. The van der Waals surface area contributed by atoms with Gasteiger partial charge in [0.1, 0.15) is 0 Å². The number of benzene rings is 2. The zero-order chi connectivity index (χ0) is 14.4. The Morgan fingerprint density at radius 1 is 1.15 bits per heavy atom. The second-order valence-corrected chi connectivity index (χ2v) is 6.01. The molecule has 0 saturated heterocycles. The Bertz CT molecular complexity index is 547. The molecule has 2 aromatic carbocycles. The summed E-state index contributed by atoms with van der Waals surface area (Å²) >= 11 is 9.57.